The fourth-order valence-corrected chi connectivity index (χ4v) is 4.06. The summed E-state index contributed by atoms with van der Waals surface area (Å²) in [5.41, 5.74) is 4.74. The molecule has 0 fully saturated rings. The van der Waals surface area contributed by atoms with Crippen LogP contribution in [0.5, 0.6) is 11.5 Å². The van der Waals surface area contributed by atoms with Gasteiger partial charge in [0.25, 0.3) is 0 Å². The summed E-state index contributed by atoms with van der Waals surface area (Å²) in [5.74, 6) is 2.73. The number of allylic oxidation sites excluding steroid dienone is 2. The summed E-state index contributed by atoms with van der Waals surface area (Å²) in [6, 6.07) is 15.0. The van der Waals surface area contributed by atoms with Crippen molar-refractivity contribution >= 4 is 5.69 Å². The molecule has 0 spiro atoms. The lowest BCUT2D eigenvalue weighted by atomic mass is 9.77. The Bertz CT molecular complexity index is 838. The number of fused-ring (bicyclic) bond motifs is 3. The maximum absolute atomic E-state index is 6.03. The van der Waals surface area contributed by atoms with Crippen LogP contribution in [0, 0.1) is 5.92 Å². The quantitative estimate of drug-likeness (QED) is 0.727. The van der Waals surface area contributed by atoms with Crippen molar-refractivity contribution in [3.05, 3.63) is 77.9 Å². The van der Waals surface area contributed by atoms with Crippen LogP contribution in [-0.2, 0) is 0 Å². The second kappa shape index (κ2) is 6.91. The average Bonchev–Trinajstić information content (AvgIpc) is 3.16. The number of ether oxygens (including phenoxy) is 2. The Morgan fingerprint density at radius 2 is 2.00 bits per heavy atom. The van der Waals surface area contributed by atoms with E-state index in [0.29, 0.717) is 18.4 Å². The van der Waals surface area contributed by atoms with E-state index in [1.165, 1.54) is 11.1 Å². The standard InChI is InChI=1S/C23H25NO2/c1-15(2)14-26-21-9-5-8-20-18-6-4-7-19(18)22(24-23(20)21)16-10-12-17(25-3)13-11-16/h4-6,8-13,18-19,22,24H,1,7,14H2,2-3H3. The maximum Gasteiger partial charge on any atom is 0.143 e. The molecule has 0 bridgehead atoms. The second-order valence-electron chi connectivity index (χ2n) is 7.21. The number of benzene rings is 2. The number of nitrogens with one attached hydrogen (secondary N) is 1. The van der Waals surface area contributed by atoms with Gasteiger partial charge in [-0.3, -0.25) is 0 Å². The van der Waals surface area contributed by atoms with Crippen LogP contribution < -0.4 is 14.8 Å². The lowest BCUT2D eigenvalue weighted by molar-refractivity contribution is 0.348. The molecule has 2 aromatic rings. The third-order valence-electron chi connectivity index (χ3n) is 5.31. The van der Waals surface area contributed by atoms with Gasteiger partial charge in [-0.2, -0.15) is 0 Å². The highest BCUT2D eigenvalue weighted by atomic mass is 16.5. The predicted octanol–water partition coefficient (Wildman–Crippen LogP) is 5.48. The Kier molecular flexibility index (Phi) is 4.46. The van der Waals surface area contributed by atoms with Gasteiger partial charge >= 0.3 is 0 Å². The third kappa shape index (κ3) is 2.98. The number of methoxy groups -OCH3 is 1. The molecule has 1 N–H and O–H groups in total. The Morgan fingerprint density at radius 1 is 1.19 bits per heavy atom. The van der Waals surface area contributed by atoms with Gasteiger partial charge in [0.15, 0.2) is 0 Å². The van der Waals surface area contributed by atoms with Crippen LogP contribution in [0.25, 0.3) is 0 Å². The third-order valence-corrected chi connectivity index (χ3v) is 5.31. The summed E-state index contributed by atoms with van der Waals surface area (Å²) in [7, 11) is 1.70. The van der Waals surface area contributed by atoms with Gasteiger partial charge in [-0.25, -0.2) is 0 Å². The highest BCUT2D eigenvalue weighted by Gasteiger charge is 2.38. The molecule has 3 nitrogen and oxygen atoms in total. The van der Waals surface area contributed by atoms with E-state index in [-0.39, 0.29) is 6.04 Å². The molecule has 0 radical (unpaired) electrons. The topological polar surface area (TPSA) is 30.5 Å². The highest BCUT2D eigenvalue weighted by Crippen LogP contribution is 2.52. The van der Waals surface area contributed by atoms with Crippen LogP contribution in [0.3, 0.4) is 0 Å². The van der Waals surface area contributed by atoms with Gasteiger partial charge in [0.05, 0.1) is 18.8 Å². The Balaban J connectivity index is 1.71. The molecule has 134 valence electrons. The molecular weight excluding hydrogens is 322 g/mol. The van der Waals surface area contributed by atoms with Gasteiger partial charge in [0, 0.05) is 5.92 Å². The maximum atomic E-state index is 6.03. The number of para-hydroxylation sites is 1. The van der Waals surface area contributed by atoms with Crippen molar-refractivity contribution in [3.8, 4) is 11.5 Å². The van der Waals surface area contributed by atoms with Crippen LogP contribution in [0.1, 0.15) is 36.4 Å². The van der Waals surface area contributed by atoms with Crippen molar-refractivity contribution in [2.45, 2.75) is 25.3 Å². The molecule has 1 aliphatic heterocycles. The van der Waals surface area contributed by atoms with E-state index >= 15 is 0 Å². The summed E-state index contributed by atoms with van der Waals surface area (Å²) in [6.45, 7) is 6.47. The molecule has 1 aliphatic carbocycles. The summed E-state index contributed by atoms with van der Waals surface area (Å²) in [4.78, 5) is 0. The van der Waals surface area contributed by atoms with Gasteiger partial charge in [0.2, 0.25) is 0 Å². The first-order valence-corrected chi connectivity index (χ1v) is 9.14. The molecule has 2 aromatic carbocycles. The van der Waals surface area contributed by atoms with Crippen LogP contribution in [0.15, 0.2) is 66.8 Å². The van der Waals surface area contributed by atoms with Crippen molar-refractivity contribution in [1.29, 1.82) is 0 Å². The normalized spacial score (nSPS) is 22.9. The number of hydrogen-bond acceptors (Lipinski definition) is 3. The van der Waals surface area contributed by atoms with Crippen LogP contribution in [0.2, 0.25) is 0 Å². The molecule has 26 heavy (non-hydrogen) atoms. The molecule has 0 saturated heterocycles. The minimum atomic E-state index is 0.253. The minimum Gasteiger partial charge on any atom is -0.497 e. The molecule has 3 unspecified atom stereocenters. The zero-order chi connectivity index (χ0) is 18.1. The second-order valence-corrected chi connectivity index (χ2v) is 7.21. The average molecular weight is 347 g/mol. The summed E-state index contributed by atoms with van der Waals surface area (Å²) >= 11 is 0. The van der Waals surface area contributed by atoms with Gasteiger partial charge in [0.1, 0.15) is 18.1 Å². The van der Waals surface area contributed by atoms with Crippen molar-refractivity contribution in [1.82, 2.24) is 0 Å². The number of rotatable bonds is 5. The van der Waals surface area contributed by atoms with Crippen LogP contribution >= 0.6 is 0 Å². The van der Waals surface area contributed by atoms with E-state index in [2.05, 4.69) is 48.3 Å². The van der Waals surface area contributed by atoms with Crippen LogP contribution in [-0.4, -0.2) is 13.7 Å². The first kappa shape index (κ1) is 16.8. The molecule has 1 heterocycles. The van der Waals surface area contributed by atoms with E-state index in [0.717, 1.165) is 29.2 Å². The van der Waals surface area contributed by atoms with Gasteiger partial charge in [-0.15, -0.1) is 0 Å². The number of anilines is 1. The monoisotopic (exact) mass is 347 g/mol. The van der Waals surface area contributed by atoms with E-state index in [4.69, 9.17) is 9.47 Å². The van der Waals surface area contributed by atoms with Crippen molar-refractivity contribution in [3.63, 3.8) is 0 Å². The van der Waals surface area contributed by atoms with E-state index < -0.39 is 0 Å². The molecule has 2 aliphatic rings. The molecule has 0 amide bonds. The van der Waals surface area contributed by atoms with Crippen molar-refractivity contribution < 1.29 is 9.47 Å². The molecular formula is C23H25NO2. The zero-order valence-corrected chi connectivity index (χ0v) is 15.4. The molecule has 4 rings (SSSR count). The molecule has 3 heteroatoms. The van der Waals surface area contributed by atoms with E-state index in [9.17, 15) is 0 Å². The first-order chi connectivity index (χ1) is 12.7. The Labute approximate surface area is 155 Å². The Hall–Kier alpha value is -2.68. The fourth-order valence-electron chi connectivity index (χ4n) is 4.06. The molecule has 3 atom stereocenters. The lowest BCUT2D eigenvalue weighted by Gasteiger charge is -2.38. The van der Waals surface area contributed by atoms with Crippen molar-refractivity contribution in [2.24, 2.45) is 5.92 Å². The summed E-state index contributed by atoms with van der Waals surface area (Å²) < 4.78 is 11.3. The highest BCUT2D eigenvalue weighted by molar-refractivity contribution is 5.67. The minimum absolute atomic E-state index is 0.253. The smallest absolute Gasteiger partial charge is 0.143 e. The molecule has 0 saturated carbocycles. The summed E-state index contributed by atoms with van der Waals surface area (Å²) in [6.07, 6.45) is 5.75. The van der Waals surface area contributed by atoms with E-state index in [1.807, 2.05) is 25.1 Å². The lowest BCUT2D eigenvalue weighted by Crippen LogP contribution is -2.29. The van der Waals surface area contributed by atoms with Gasteiger partial charge in [-0.05, 0) is 54.2 Å². The fraction of sp³-hybridized carbons (Fsp3) is 0.304. The number of hydrogen-bond donors (Lipinski definition) is 1. The van der Waals surface area contributed by atoms with E-state index in [1.54, 1.807) is 7.11 Å². The van der Waals surface area contributed by atoms with Crippen LogP contribution in [0.4, 0.5) is 5.69 Å². The summed E-state index contributed by atoms with van der Waals surface area (Å²) in [5, 5.41) is 3.78. The van der Waals surface area contributed by atoms with Crippen molar-refractivity contribution in [2.75, 3.05) is 19.0 Å². The first-order valence-electron chi connectivity index (χ1n) is 9.14. The SMILES string of the molecule is C=C(C)COc1cccc2c1NC(c1ccc(OC)cc1)C1CC=CC21. The zero-order valence-electron chi connectivity index (χ0n) is 15.4. The Morgan fingerprint density at radius 3 is 2.73 bits per heavy atom. The van der Waals surface area contributed by atoms with Gasteiger partial charge < -0.3 is 14.8 Å². The predicted molar refractivity (Wildman–Crippen MR) is 106 cm³/mol. The largest absolute Gasteiger partial charge is 0.497 e. The van der Waals surface area contributed by atoms with Gasteiger partial charge in [-0.1, -0.05) is 43.0 Å². The molecule has 0 aromatic heterocycles.